The Balaban J connectivity index is 2.22. The maximum absolute atomic E-state index is 11.8. The summed E-state index contributed by atoms with van der Waals surface area (Å²) >= 11 is 5.66. The average molecular weight is 369 g/mol. The van der Waals surface area contributed by atoms with Crippen LogP contribution in [0.5, 0.6) is 5.75 Å². The van der Waals surface area contributed by atoms with E-state index in [4.69, 9.17) is 16.3 Å². The van der Waals surface area contributed by atoms with Crippen LogP contribution in [-0.4, -0.2) is 43.8 Å². The summed E-state index contributed by atoms with van der Waals surface area (Å²) in [5, 5.41) is 3.46. The first-order valence-corrected chi connectivity index (χ1v) is 6.72. The van der Waals surface area contributed by atoms with Gasteiger partial charge in [0.2, 0.25) is 0 Å². The van der Waals surface area contributed by atoms with Crippen LogP contribution in [0.15, 0.2) is 24.3 Å². The standard InChI is InChI=1S/C13H12ClF3N2O5/c14-8-1-3-9(4-2-8)23-6-11(21)24-5-10(20)19-12(22)18-7-13(15,16)17/h1-4H,5-7H2,(H2,18,19,20,22). The van der Waals surface area contributed by atoms with Crippen molar-refractivity contribution in [3.63, 3.8) is 0 Å². The third kappa shape index (κ3) is 8.83. The fourth-order valence-electron chi connectivity index (χ4n) is 1.25. The van der Waals surface area contributed by atoms with E-state index in [1.54, 1.807) is 5.32 Å². The zero-order valence-electron chi connectivity index (χ0n) is 12.0. The van der Waals surface area contributed by atoms with E-state index in [0.717, 1.165) is 0 Å². The molecule has 0 aromatic heterocycles. The number of imide groups is 1. The Morgan fingerprint density at radius 2 is 1.71 bits per heavy atom. The highest BCUT2D eigenvalue weighted by Gasteiger charge is 2.28. The number of hydrogen-bond donors (Lipinski definition) is 2. The van der Waals surface area contributed by atoms with Crippen LogP contribution in [0.4, 0.5) is 18.0 Å². The van der Waals surface area contributed by atoms with Crippen molar-refractivity contribution in [3.05, 3.63) is 29.3 Å². The molecule has 0 aliphatic rings. The summed E-state index contributed by atoms with van der Waals surface area (Å²) in [7, 11) is 0. The number of ether oxygens (including phenoxy) is 2. The van der Waals surface area contributed by atoms with Gasteiger partial charge in [0.1, 0.15) is 12.3 Å². The van der Waals surface area contributed by atoms with Crippen LogP contribution >= 0.6 is 11.6 Å². The van der Waals surface area contributed by atoms with Gasteiger partial charge < -0.3 is 14.8 Å². The molecular weight excluding hydrogens is 357 g/mol. The van der Waals surface area contributed by atoms with Crippen molar-refractivity contribution in [3.8, 4) is 5.75 Å². The van der Waals surface area contributed by atoms with Crippen molar-refractivity contribution >= 4 is 29.5 Å². The van der Waals surface area contributed by atoms with Crippen LogP contribution in [0.1, 0.15) is 0 Å². The number of benzene rings is 1. The number of esters is 1. The summed E-state index contributed by atoms with van der Waals surface area (Å²) in [5.41, 5.74) is 0. The first-order chi connectivity index (χ1) is 11.2. The Morgan fingerprint density at radius 3 is 2.29 bits per heavy atom. The highest BCUT2D eigenvalue weighted by atomic mass is 35.5. The Labute approximate surface area is 139 Å². The number of nitrogens with one attached hydrogen (secondary N) is 2. The van der Waals surface area contributed by atoms with Crippen molar-refractivity contribution < 1.29 is 37.0 Å². The van der Waals surface area contributed by atoms with Crippen LogP contribution in [0.3, 0.4) is 0 Å². The van der Waals surface area contributed by atoms with Gasteiger partial charge in [-0.1, -0.05) is 11.6 Å². The Bertz CT molecular complexity index is 592. The normalized spacial score (nSPS) is 10.7. The molecule has 0 fully saturated rings. The van der Waals surface area contributed by atoms with Gasteiger partial charge in [-0.15, -0.1) is 0 Å². The molecule has 0 unspecified atom stereocenters. The third-order valence-corrected chi connectivity index (χ3v) is 2.49. The fourth-order valence-corrected chi connectivity index (χ4v) is 1.37. The van der Waals surface area contributed by atoms with Gasteiger partial charge in [0.05, 0.1) is 0 Å². The van der Waals surface area contributed by atoms with Gasteiger partial charge in [-0.05, 0) is 24.3 Å². The fraction of sp³-hybridized carbons (Fsp3) is 0.308. The molecule has 1 aromatic rings. The number of hydrogen-bond acceptors (Lipinski definition) is 5. The summed E-state index contributed by atoms with van der Waals surface area (Å²) in [4.78, 5) is 33.5. The van der Waals surface area contributed by atoms with E-state index in [1.165, 1.54) is 29.6 Å². The predicted molar refractivity (Wildman–Crippen MR) is 75.5 cm³/mol. The first-order valence-electron chi connectivity index (χ1n) is 6.34. The maximum Gasteiger partial charge on any atom is 0.405 e. The highest BCUT2D eigenvalue weighted by molar-refractivity contribution is 6.30. The monoisotopic (exact) mass is 368 g/mol. The van der Waals surface area contributed by atoms with Gasteiger partial charge in [-0.2, -0.15) is 13.2 Å². The zero-order valence-corrected chi connectivity index (χ0v) is 12.7. The molecule has 1 rings (SSSR count). The lowest BCUT2D eigenvalue weighted by atomic mass is 10.3. The molecule has 0 atom stereocenters. The molecule has 3 amide bonds. The first kappa shape index (κ1) is 19.6. The van der Waals surface area contributed by atoms with E-state index < -0.39 is 43.8 Å². The number of alkyl halides is 3. The van der Waals surface area contributed by atoms with E-state index in [2.05, 4.69) is 4.74 Å². The molecule has 11 heteroatoms. The zero-order chi connectivity index (χ0) is 18.2. The summed E-state index contributed by atoms with van der Waals surface area (Å²) in [5.74, 6) is -1.65. The Kier molecular flexibility index (Phi) is 7.31. The van der Waals surface area contributed by atoms with E-state index in [-0.39, 0.29) is 0 Å². The van der Waals surface area contributed by atoms with Gasteiger partial charge in [0.15, 0.2) is 13.2 Å². The second-order valence-corrected chi connectivity index (χ2v) is 4.69. The Morgan fingerprint density at radius 1 is 1.08 bits per heavy atom. The smallest absolute Gasteiger partial charge is 0.405 e. The molecule has 0 spiro atoms. The minimum Gasteiger partial charge on any atom is -0.482 e. The van der Waals surface area contributed by atoms with Crippen LogP contribution in [0, 0.1) is 0 Å². The molecule has 0 aliphatic carbocycles. The molecule has 0 heterocycles. The van der Waals surface area contributed by atoms with Gasteiger partial charge >= 0.3 is 18.2 Å². The van der Waals surface area contributed by atoms with Gasteiger partial charge in [0.25, 0.3) is 5.91 Å². The third-order valence-electron chi connectivity index (χ3n) is 2.24. The quantitative estimate of drug-likeness (QED) is 0.745. The second-order valence-electron chi connectivity index (χ2n) is 4.25. The molecule has 7 nitrogen and oxygen atoms in total. The topological polar surface area (TPSA) is 93.7 Å². The van der Waals surface area contributed by atoms with E-state index in [0.29, 0.717) is 10.8 Å². The van der Waals surface area contributed by atoms with Crippen molar-refractivity contribution in [1.82, 2.24) is 10.6 Å². The maximum atomic E-state index is 11.8. The molecule has 0 saturated heterocycles. The molecule has 0 aliphatic heterocycles. The molecular formula is C13H12ClF3N2O5. The minimum absolute atomic E-state index is 0.340. The molecule has 1 aromatic carbocycles. The average Bonchev–Trinajstić information content (AvgIpc) is 2.50. The largest absolute Gasteiger partial charge is 0.482 e. The summed E-state index contributed by atoms with van der Waals surface area (Å²) in [6, 6.07) is 4.73. The number of carbonyl (C=O) groups excluding carboxylic acids is 3. The Hall–Kier alpha value is -2.49. The van der Waals surface area contributed by atoms with Crippen molar-refractivity contribution in [2.45, 2.75) is 6.18 Å². The lowest BCUT2D eigenvalue weighted by molar-refractivity contribution is -0.150. The molecule has 24 heavy (non-hydrogen) atoms. The number of urea groups is 1. The molecule has 132 valence electrons. The molecule has 0 saturated carbocycles. The van der Waals surface area contributed by atoms with Crippen LogP contribution in [0.25, 0.3) is 0 Å². The van der Waals surface area contributed by atoms with Crippen molar-refractivity contribution in [2.24, 2.45) is 0 Å². The lowest BCUT2D eigenvalue weighted by Gasteiger charge is -2.09. The van der Waals surface area contributed by atoms with E-state index in [1.807, 2.05) is 0 Å². The summed E-state index contributed by atoms with van der Waals surface area (Å²) in [6.45, 7) is -2.95. The van der Waals surface area contributed by atoms with E-state index in [9.17, 15) is 27.6 Å². The summed E-state index contributed by atoms with van der Waals surface area (Å²) in [6.07, 6.45) is -4.61. The number of carbonyl (C=O) groups is 3. The minimum atomic E-state index is -4.61. The second kappa shape index (κ2) is 8.96. The SMILES string of the molecule is O=C(COC(=O)COc1ccc(Cl)cc1)NC(=O)NCC(F)(F)F. The lowest BCUT2D eigenvalue weighted by Crippen LogP contribution is -2.44. The molecule has 2 N–H and O–H groups in total. The molecule has 0 radical (unpaired) electrons. The number of amides is 3. The van der Waals surface area contributed by atoms with Gasteiger partial charge in [0, 0.05) is 5.02 Å². The summed E-state index contributed by atoms with van der Waals surface area (Å²) < 4.78 is 45.0. The highest BCUT2D eigenvalue weighted by Crippen LogP contribution is 2.15. The van der Waals surface area contributed by atoms with Gasteiger partial charge in [-0.25, -0.2) is 9.59 Å². The van der Waals surface area contributed by atoms with Crippen LogP contribution in [-0.2, 0) is 14.3 Å². The van der Waals surface area contributed by atoms with Crippen LogP contribution < -0.4 is 15.4 Å². The van der Waals surface area contributed by atoms with Gasteiger partial charge in [-0.3, -0.25) is 10.1 Å². The van der Waals surface area contributed by atoms with Crippen molar-refractivity contribution in [2.75, 3.05) is 19.8 Å². The number of rotatable bonds is 6. The predicted octanol–water partition coefficient (Wildman–Crippen LogP) is 1.65. The van der Waals surface area contributed by atoms with Crippen molar-refractivity contribution in [1.29, 1.82) is 0 Å². The van der Waals surface area contributed by atoms with Crippen LogP contribution in [0.2, 0.25) is 5.02 Å². The number of halogens is 4. The molecule has 0 bridgehead atoms. The van der Waals surface area contributed by atoms with E-state index >= 15 is 0 Å².